The number of carbonyl (C=O) groups excluding carboxylic acids is 1. The number of amides is 1. The van der Waals surface area contributed by atoms with Crippen LogP contribution in [0.3, 0.4) is 0 Å². The van der Waals surface area contributed by atoms with Crippen LogP contribution < -0.4 is 5.32 Å². The quantitative estimate of drug-likeness (QED) is 0.657. The summed E-state index contributed by atoms with van der Waals surface area (Å²) >= 11 is 0. The van der Waals surface area contributed by atoms with Crippen molar-refractivity contribution in [2.75, 3.05) is 0 Å². The first-order valence-electron chi connectivity index (χ1n) is 4.54. The summed E-state index contributed by atoms with van der Waals surface area (Å²) in [5.74, 6) is 0.625. The Balaban J connectivity index is 2.12. The van der Waals surface area contributed by atoms with E-state index in [4.69, 9.17) is 0 Å². The highest BCUT2D eigenvalue weighted by atomic mass is 16.2. The fourth-order valence-corrected chi connectivity index (χ4v) is 1.21. The van der Waals surface area contributed by atoms with Crippen molar-refractivity contribution in [3.05, 3.63) is 0 Å². The largest absolute Gasteiger partial charge is 0.353 e. The topological polar surface area (TPSA) is 29.1 Å². The van der Waals surface area contributed by atoms with Gasteiger partial charge < -0.3 is 5.32 Å². The second kappa shape index (κ2) is 3.74. The first kappa shape index (κ1) is 8.57. The summed E-state index contributed by atoms with van der Waals surface area (Å²) in [7, 11) is 0. The molecule has 0 radical (unpaired) electrons. The second-order valence-corrected chi connectivity index (χ2v) is 3.47. The van der Waals surface area contributed by atoms with Crippen molar-refractivity contribution in [1.82, 2.24) is 5.32 Å². The SMILES string of the molecule is CCC[C@@H](C)NC(=O)C1CC1. The van der Waals surface area contributed by atoms with E-state index in [9.17, 15) is 4.79 Å². The van der Waals surface area contributed by atoms with Crippen LogP contribution in [0.25, 0.3) is 0 Å². The third-order valence-corrected chi connectivity index (χ3v) is 2.06. The monoisotopic (exact) mass is 155 g/mol. The Morgan fingerprint density at radius 1 is 1.64 bits per heavy atom. The smallest absolute Gasteiger partial charge is 0.223 e. The van der Waals surface area contributed by atoms with Crippen molar-refractivity contribution in [2.24, 2.45) is 5.92 Å². The highest BCUT2D eigenvalue weighted by Gasteiger charge is 2.29. The van der Waals surface area contributed by atoms with Crippen LogP contribution in [0.15, 0.2) is 0 Å². The molecule has 1 saturated carbocycles. The van der Waals surface area contributed by atoms with Gasteiger partial charge in [-0.2, -0.15) is 0 Å². The predicted octanol–water partition coefficient (Wildman–Crippen LogP) is 1.70. The Hall–Kier alpha value is -0.530. The van der Waals surface area contributed by atoms with Gasteiger partial charge in [-0.3, -0.25) is 4.79 Å². The lowest BCUT2D eigenvalue weighted by Gasteiger charge is -2.11. The summed E-state index contributed by atoms with van der Waals surface area (Å²) in [5.41, 5.74) is 0. The molecule has 0 bridgehead atoms. The fourth-order valence-electron chi connectivity index (χ4n) is 1.21. The average molecular weight is 155 g/mol. The molecule has 0 aromatic heterocycles. The zero-order valence-corrected chi connectivity index (χ0v) is 7.39. The zero-order chi connectivity index (χ0) is 8.27. The van der Waals surface area contributed by atoms with Crippen molar-refractivity contribution < 1.29 is 4.79 Å². The minimum Gasteiger partial charge on any atom is -0.353 e. The van der Waals surface area contributed by atoms with E-state index in [0.29, 0.717) is 12.0 Å². The third kappa shape index (κ3) is 2.91. The molecule has 2 heteroatoms. The maximum atomic E-state index is 11.2. The molecule has 1 aliphatic carbocycles. The first-order chi connectivity index (χ1) is 5.24. The Morgan fingerprint density at radius 2 is 2.27 bits per heavy atom. The summed E-state index contributed by atoms with van der Waals surface area (Å²) in [6.07, 6.45) is 4.44. The van der Waals surface area contributed by atoms with Gasteiger partial charge in [0.1, 0.15) is 0 Å². The first-order valence-corrected chi connectivity index (χ1v) is 4.54. The molecule has 1 N–H and O–H groups in total. The molecular formula is C9H17NO. The summed E-state index contributed by atoms with van der Waals surface area (Å²) in [6.45, 7) is 4.21. The maximum Gasteiger partial charge on any atom is 0.223 e. The second-order valence-electron chi connectivity index (χ2n) is 3.47. The van der Waals surface area contributed by atoms with E-state index in [-0.39, 0.29) is 5.91 Å². The van der Waals surface area contributed by atoms with Gasteiger partial charge in [-0.15, -0.1) is 0 Å². The van der Waals surface area contributed by atoms with Gasteiger partial charge in [-0.25, -0.2) is 0 Å². The molecule has 0 aromatic carbocycles. The lowest BCUT2D eigenvalue weighted by Crippen LogP contribution is -2.33. The Morgan fingerprint density at radius 3 is 2.73 bits per heavy atom. The predicted molar refractivity (Wildman–Crippen MR) is 45.2 cm³/mol. The van der Waals surface area contributed by atoms with Gasteiger partial charge in [0.25, 0.3) is 0 Å². The van der Waals surface area contributed by atoms with Crippen LogP contribution >= 0.6 is 0 Å². The molecule has 11 heavy (non-hydrogen) atoms. The molecular weight excluding hydrogens is 138 g/mol. The van der Waals surface area contributed by atoms with Crippen molar-refractivity contribution in [1.29, 1.82) is 0 Å². The maximum absolute atomic E-state index is 11.2. The van der Waals surface area contributed by atoms with Crippen molar-refractivity contribution in [3.63, 3.8) is 0 Å². The van der Waals surface area contributed by atoms with Gasteiger partial charge in [0, 0.05) is 12.0 Å². The molecule has 1 aliphatic rings. The van der Waals surface area contributed by atoms with E-state index in [1.807, 2.05) is 0 Å². The van der Waals surface area contributed by atoms with E-state index >= 15 is 0 Å². The Bertz CT molecular complexity index is 140. The molecule has 0 aliphatic heterocycles. The van der Waals surface area contributed by atoms with Gasteiger partial charge in [-0.05, 0) is 26.2 Å². The molecule has 2 nitrogen and oxygen atoms in total. The number of nitrogens with one attached hydrogen (secondary N) is 1. The lowest BCUT2D eigenvalue weighted by molar-refractivity contribution is -0.122. The number of hydrogen-bond donors (Lipinski definition) is 1. The van der Waals surface area contributed by atoms with E-state index in [2.05, 4.69) is 19.2 Å². The van der Waals surface area contributed by atoms with E-state index in [0.717, 1.165) is 25.7 Å². The van der Waals surface area contributed by atoms with Gasteiger partial charge in [0.05, 0.1) is 0 Å². The van der Waals surface area contributed by atoms with E-state index < -0.39 is 0 Å². The zero-order valence-electron chi connectivity index (χ0n) is 7.39. The van der Waals surface area contributed by atoms with Crippen LogP contribution in [0.5, 0.6) is 0 Å². The van der Waals surface area contributed by atoms with Crippen LogP contribution in [0.2, 0.25) is 0 Å². The normalized spacial score (nSPS) is 19.5. The molecule has 0 saturated heterocycles. The Kier molecular flexibility index (Phi) is 2.92. The number of hydrogen-bond acceptors (Lipinski definition) is 1. The molecule has 64 valence electrons. The van der Waals surface area contributed by atoms with Gasteiger partial charge in [0.15, 0.2) is 0 Å². The minimum absolute atomic E-state index is 0.269. The summed E-state index contributed by atoms with van der Waals surface area (Å²) in [4.78, 5) is 11.2. The molecule has 1 atom stereocenters. The van der Waals surface area contributed by atoms with Crippen LogP contribution in [-0.4, -0.2) is 11.9 Å². The molecule has 0 heterocycles. The standard InChI is InChI=1S/C9H17NO/c1-3-4-7(2)10-9(11)8-5-6-8/h7-8H,3-6H2,1-2H3,(H,10,11)/t7-/m1/s1. The lowest BCUT2D eigenvalue weighted by atomic mass is 10.2. The molecule has 0 unspecified atom stereocenters. The molecule has 1 rings (SSSR count). The molecule has 0 aromatic rings. The van der Waals surface area contributed by atoms with Crippen molar-refractivity contribution in [2.45, 2.75) is 45.6 Å². The van der Waals surface area contributed by atoms with Crippen LogP contribution in [0, 0.1) is 5.92 Å². The summed E-state index contributed by atoms with van der Waals surface area (Å²) in [5, 5.41) is 3.00. The van der Waals surface area contributed by atoms with Gasteiger partial charge in [0.2, 0.25) is 5.91 Å². The molecule has 1 amide bonds. The van der Waals surface area contributed by atoms with Gasteiger partial charge in [-0.1, -0.05) is 13.3 Å². The number of rotatable bonds is 4. The van der Waals surface area contributed by atoms with Gasteiger partial charge >= 0.3 is 0 Å². The van der Waals surface area contributed by atoms with Crippen LogP contribution in [-0.2, 0) is 4.79 Å². The summed E-state index contributed by atoms with van der Waals surface area (Å²) < 4.78 is 0. The highest BCUT2D eigenvalue weighted by Crippen LogP contribution is 2.28. The van der Waals surface area contributed by atoms with Crippen LogP contribution in [0.1, 0.15) is 39.5 Å². The Labute approximate surface area is 68.4 Å². The molecule has 0 spiro atoms. The number of carbonyl (C=O) groups is 1. The van der Waals surface area contributed by atoms with Crippen LogP contribution in [0.4, 0.5) is 0 Å². The highest BCUT2D eigenvalue weighted by molar-refractivity contribution is 5.81. The molecule has 1 fully saturated rings. The van der Waals surface area contributed by atoms with E-state index in [1.165, 1.54) is 0 Å². The minimum atomic E-state index is 0.269. The summed E-state index contributed by atoms with van der Waals surface area (Å²) in [6, 6.07) is 0.369. The third-order valence-electron chi connectivity index (χ3n) is 2.06. The van der Waals surface area contributed by atoms with E-state index in [1.54, 1.807) is 0 Å². The van der Waals surface area contributed by atoms with Crippen molar-refractivity contribution in [3.8, 4) is 0 Å². The fraction of sp³-hybridized carbons (Fsp3) is 0.889. The average Bonchev–Trinajstić information content (AvgIpc) is 2.67. The van der Waals surface area contributed by atoms with Crippen molar-refractivity contribution >= 4 is 5.91 Å².